The maximum absolute atomic E-state index is 13.6. The number of piperazine rings is 1. The molecule has 0 saturated carbocycles. The van der Waals surface area contributed by atoms with E-state index in [2.05, 4.69) is 17.0 Å². The van der Waals surface area contributed by atoms with Crippen molar-refractivity contribution < 1.29 is 19.1 Å². The van der Waals surface area contributed by atoms with Gasteiger partial charge in [0.1, 0.15) is 0 Å². The Hall–Kier alpha value is -4.00. The lowest BCUT2D eigenvalue weighted by Crippen LogP contribution is -2.49. The normalized spacial score (nSPS) is 16.1. The van der Waals surface area contributed by atoms with Crippen LogP contribution in [0.2, 0.25) is 0 Å². The fraction of sp³-hybridized carbons (Fsp3) is 0.310. The molecule has 0 radical (unpaired) electrons. The third-order valence-electron chi connectivity index (χ3n) is 7.14. The maximum atomic E-state index is 13.6. The molecule has 2 heterocycles. The molecule has 1 atom stereocenters. The van der Waals surface area contributed by atoms with Crippen molar-refractivity contribution in [3.05, 3.63) is 89.5 Å². The zero-order valence-electron chi connectivity index (χ0n) is 20.7. The molecular weight excluding hydrogens is 454 g/mol. The number of carbonyl (C=O) groups excluding carboxylic acids is 2. The first-order valence-electron chi connectivity index (χ1n) is 12.3. The highest BCUT2D eigenvalue weighted by Gasteiger charge is 2.36. The van der Waals surface area contributed by atoms with Gasteiger partial charge in [0.05, 0.1) is 26.7 Å². The Kier molecular flexibility index (Phi) is 6.80. The highest BCUT2D eigenvalue weighted by molar-refractivity contribution is 5.98. The minimum absolute atomic E-state index is 0.0475. The van der Waals surface area contributed by atoms with Crippen LogP contribution in [0.15, 0.2) is 72.8 Å². The molecule has 7 nitrogen and oxygen atoms in total. The largest absolute Gasteiger partial charge is 0.493 e. The van der Waals surface area contributed by atoms with Gasteiger partial charge in [-0.25, -0.2) is 0 Å². The fourth-order valence-electron chi connectivity index (χ4n) is 5.14. The van der Waals surface area contributed by atoms with E-state index in [4.69, 9.17) is 9.47 Å². The average Bonchev–Trinajstić information content (AvgIpc) is 3.27. The molecule has 2 aliphatic heterocycles. The lowest BCUT2D eigenvalue weighted by molar-refractivity contribution is -0.132. The number of fused-ring (bicyclic) bond motifs is 1. The summed E-state index contributed by atoms with van der Waals surface area (Å²) in [6.45, 7) is 3.35. The first kappa shape index (κ1) is 23.7. The first-order chi connectivity index (χ1) is 17.6. The fourth-order valence-corrected chi connectivity index (χ4v) is 5.14. The highest BCUT2D eigenvalue weighted by atomic mass is 16.5. The van der Waals surface area contributed by atoms with Gasteiger partial charge in [-0.2, -0.15) is 0 Å². The van der Waals surface area contributed by atoms with Crippen molar-refractivity contribution in [2.24, 2.45) is 0 Å². The van der Waals surface area contributed by atoms with E-state index in [0.717, 1.165) is 24.2 Å². The Labute approximate surface area is 211 Å². The van der Waals surface area contributed by atoms with Gasteiger partial charge in [-0.15, -0.1) is 0 Å². The Morgan fingerprint density at radius 2 is 1.56 bits per heavy atom. The molecule has 1 fully saturated rings. The van der Waals surface area contributed by atoms with Crippen molar-refractivity contribution in [3.8, 4) is 11.5 Å². The van der Waals surface area contributed by atoms with Crippen LogP contribution >= 0.6 is 0 Å². The van der Waals surface area contributed by atoms with Crippen molar-refractivity contribution >= 4 is 17.5 Å². The molecule has 0 aliphatic carbocycles. The maximum Gasteiger partial charge on any atom is 0.255 e. The second-order valence-corrected chi connectivity index (χ2v) is 9.13. The number of methoxy groups -OCH3 is 2. The molecule has 3 aromatic rings. The Morgan fingerprint density at radius 1 is 0.861 bits per heavy atom. The SMILES string of the molecule is COc1ccc([C@H](CC(=O)N2CCN(c3ccccc3)CC2)N2Cc3ccccc3C2=O)cc1OC. The molecule has 0 bridgehead atoms. The van der Waals surface area contributed by atoms with E-state index in [1.165, 1.54) is 5.69 Å². The number of benzene rings is 3. The van der Waals surface area contributed by atoms with Gasteiger partial charge in [0.15, 0.2) is 11.5 Å². The minimum Gasteiger partial charge on any atom is -0.493 e. The van der Waals surface area contributed by atoms with Crippen LogP contribution in [0.1, 0.15) is 33.9 Å². The van der Waals surface area contributed by atoms with Crippen LogP contribution in [0.3, 0.4) is 0 Å². The lowest BCUT2D eigenvalue weighted by Gasteiger charge is -2.37. The summed E-state index contributed by atoms with van der Waals surface area (Å²) in [5.74, 6) is 1.19. The summed E-state index contributed by atoms with van der Waals surface area (Å²) in [4.78, 5) is 33.0. The standard InChI is InChI=1S/C29H31N3O4/c1-35-26-13-12-21(18-27(26)36-2)25(32-20-22-8-6-7-11-24(22)29(32)34)19-28(33)31-16-14-30(15-17-31)23-9-4-3-5-10-23/h3-13,18,25H,14-17,19-20H2,1-2H3/t25-/m0/s1. The van der Waals surface area contributed by atoms with E-state index in [9.17, 15) is 9.59 Å². The molecule has 186 valence electrons. The van der Waals surface area contributed by atoms with E-state index in [1.807, 2.05) is 70.5 Å². The molecule has 2 amide bonds. The van der Waals surface area contributed by atoms with Crippen LogP contribution in [0.25, 0.3) is 0 Å². The van der Waals surface area contributed by atoms with Gasteiger partial charge >= 0.3 is 0 Å². The minimum atomic E-state index is -0.413. The smallest absolute Gasteiger partial charge is 0.255 e. The Balaban J connectivity index is 1.37. The van der Waals surface area contributed by atoms with Crippen LogP contribution in [-0.4, -0.2) is 62.0 Å². The summed E-state index contributed by atoms with van der Waals surface area (Å²) in [5, 5.41) is 0. The summed E-state index contributed by atoms with van der Waals surface area (Å²) < 4.78 is 10.9. The van der Waals surface area contributed by atoms with Crippen LogP contribution < -0.4 is 14.4 Å². The second kappa shape index (κ2) is 10.3. The van der Waals surface area contributed by atoms with E-state index < -0.39 is 6.04 Å². The van der Waals surface area contributed by atoms with Crippen molar-refractivity contribution in [2.75, 3.05) is 45.3 Å². The zero-order chi connectivity index (χ0) is 25.1. The summed E-state index contributed by atoms with van der Waals surface area (Å²) in [6, 6.07) is 23.1. The zero-order valence-corrected chi connectivity index (χ0v) is 20.7. The Morgan fingerprint density at radius 3 is 2.25 bits per heavy atom. The van der Waals surface area contributed by atoms with E-state index in [1.54, 1.807) is 14.2 Å². The van der Waals surface area contributed by atoms with Crippen molar-refractivity contribution in [1.82, 2.24) is 9.80 Å². The Bertz CT molecular complexity index is 1240. The summed E-state index contributed by atoms with van der Waals surface area (Å²) in [6.07, 6.45) is 0.209. The van der Waals surface area contributed by atoms with E-state index in [0.29, 0.717) is 36.7 Å². The number of rotatable bonds is 7. The number of carbonyl (C=O) groups is 2. The summed E-state index contributed by atoms with van der Waals surface area (Å²) >= 11 is 0. The predicted molar refractivity (Wildman–Crippen MR) is 138 cm³/mol. The van der Waals surface area contributed by atoms with Gasteiger partial charge in [0.25, 0.3) is 5.91 Å². The number of hydrogen-bond acceptors (Lipinski definition) is 5. The van der Waals surface area contributed by atoms with Crippen LogP contribution in [-0.2, 0) is 11.3 Å². The molecule has 5 rings (SSSR count). The van der Waals surface area contributed by atoms with Gasteiger partial charge in [-0.3, -0.25) is 9.59 Å². The third-order valence-corrected chi connectivity index (χ3v) is 7.14. The molecule has 2 aliphatic rings. The van der Waals surface area contributed by atoms with Crippen LogP contribution in [0, 0.1) is 0 Å². The van der Waals surface area contributed by atoms with E-state index >= 15 is 0 Å². The van der Waals surface area contributed by atoms with Crippen molar-refractivity contribution in [2.45, 2.75) is 19.0 Å². The number of hydrogen-bond donors (Lipinski definition) is 0. The topological polar surface area (TPSA) is 62.3 Å². The molecule has 3 aromatic carbocycles. The lowest BCUT2D eigenvalue weighted by atomic mass is 10.00. The van der Waals surface area contributed by atoms with Gasteiger partial charge in [-0.05, 0) is 41.5 Å². The van der Waals surface area contributed by atoms with Crippen molar-refractivity contribution in [3.63, 3.8) is 0 Å². The number of anilines is 1. The average molecular weight is 486 g/mol. The highest BCUT2D eigenvalue weighted by Crippen LogP contribution is 2.37. The molecule has 0 unspecified atom stereocenters. The number of nitrogens with zero attached hydrogens (tertiary/aromatic N) is 3. The van der Waals surface area contributed by atoms with Crippen LogP contribution in [0.5, 0.6) is 11.5 Å². The molecule has 1 saturated heterocycles. The molecule has 7 heteroatoms. The van der Waals surface area contributed by atoms with Crippen LogP contribution in [0.4, 0.5) is 5.69 Å². The number of ether oxygens (including phenoxy) is 2. The van der Waals surface area contributed by atoms with Crippen molar-refractivity contribution in [1.29, 1.82) is 0 Å². The summed E-state index contributed by atoms with van der Waals surface area (Å²) in [5.41, 5.74) is 3.71. The number of para-hydroxylation sites is 1. The number of amides is 2. The first-order valence-corrected chi connectivity index (χ1v) is 12.3. The summed E-state index contributed by atoms with van der Waals surface area (Å²) in [7, 11) is 3.18. The van der Waals surface area contributed by atoms with Gasteiger partial charge in [0.2, 0.25) is 5.91 Å². The van der Waals surface area contributed by atoms with Gasteiger partial charge < -0.3 is 24.2 Å². The molecular formula is C29H31N3O4. The monoisotopic (exact) mass is 485 g/mol. The quantitative estimate of drug-likeness (QED) is 0.503. The van der Waals surface area contributed by atoms with E-state index in [-0.39, 0.29) is 18.2 Å². The van der Waals surface area contributed by atoms with Gasteiger partial charge in [-0.1, -0.05) is 42.5 Å². The van der Waals surface area contributed by atoms with Gasteiger partial charge in [0, 0.05) is 44.0 Å². The molecule has 36 heavy (non-hydrogen) atoms. The molecule has 0 N–H and O–H groups in total. The molecule has 0 spiro atoms. The molecule has 0 aromatic heterocycles. The second-order valence-electron chi connectivity index (χ2n) is 9.13. The third kappa shape index (κ3) is 4.61. The predicted octanol–water partition coefficient (Wildman–Crippen LogP) is 4.14.